The standard InChI is InChI=1S/C12H13N3O4/c1-3-6-9(7-4-5-13-15(7)2)14-11(17)8(10(6)16)12(18)19/h4-5H,3H2,1-2H3,(H,18,19)(H2,14,16,17). The minimum atomic E-state index is -1.45. The minimum absolute atomic E-state index is 0.376. The number of hydrogen-bond donors (Lipinski definition) is 3. The number of nitrogens with one attached hydrogen (secondary N) is 1. The lowest BCUT2D eigenvalue weighted by Crippen LogP contribution is -2.20. The monoisotopic (exact) mass is 263 g/mol. The van der Waals surface area contributed by atoms with E-state index in [2.05, 4.69) is 10.1 Å². The largest absolute Gasteiger partial charge is 0.506 e. The second-order valence-corrected chi connectivity index (χ2v) is 4.03. The molecular formula is C12H13N3O4. The van der Waals surface area contributed by atoms with Gasteiger partial charge >= 0.3 is 5.97 Å². The molecule has 100 valence electrons. The molecule has 0 aliphatic rings. The summed E-state index contributed by atoms with van der Waals surface area (Å²) in [6, 6.07) is 1.67. The predicted octanol–water partition coefficient (Wildman–Crippen LogP) is 0.742. The predicted molar refractivity (Wildman–Crippen MR) is 67.3 cm³/mol. The van der Waals surface area contributed by atoms with Crippen molar-refractivity contribution in [2.75, 3.05) is 0 Å². The van der Waals surface area contributed by atoms with Crippen LogP contribution in [0.2, 0.25) is 0 Å². The van der Waals surface area contributed by atoms with Gasteiger partial charge in [0.15, 0.2) is 5.56 Å². The van der Waals surface area contributed by atoms with Gasteiger partial charge in [0, 0.05) is 18.8 Å². The number of hydrogen-bond acceptors (Lipinski definition) is 4. The zero-order valence-electron chi connectivity index (χ0n) is 10.5. The van der Waals surface area contributed by atoms with E-state index in [1.54, 1.807) is 26.2 Å². The van der Waals surface area contributed by atoms with E-state index in [0.717, 1.165) is 0 Å². The van der Waals surface area contributed by atoms with Gasteiger partial charge in [-0.3, -0.25) is 9.48 Å². The van der Waals surface area contributed by atoms with Gasteiger partial charge in [-0.05, 0) is 12.5 Å². The lowest BCUT2D eigenvalue weighted by atomic mass is 10.0. The van der Waals surface area contributed by atoms with E-state index in [9.17, 15) is 14.7 Å². The summed E-state index contributed by atoms with van der Waals surface area (Å²) in [7, 11) is 1.69. The van der Waals surface area contributed by atoms with Crippen LogP contribution in [0.4, 0.5) is 0 Å². The number of carboxylic acids is 1. The van der Waals surface area contributed by atoms with Crippen LogP contribution in [0.5, 0.6) is 5.75 Å². The number of aromatic amines is 1. The van der Waals surface area contributed by atoms with Crippen molar-refractivity contribution in [1.29, 1.82) is 0 Å². The van der Waals surface area contributed by atoms with Crippen LogP contribution in [-0.4, -0.2) is 30.9 Å². The summed E-state index contributed by atoms with van der Waals surface area (Å²) in [5.41, 5.74) is -0.113. The number of carbonyl (C=O) groups is 1. The molecule has 0 aliphatic heterocycles. The molecule has 2 rings (SSSR count). The van der Waals surface area contributed by atoms with Gasteiger partial charge in [0.2, 0.25) is 0 Å². The number of aromatic nitrogens is 3. The Bertz CT molecular complexity index is 699. The Balaban J connectivity index is 2.81. The maximum absolute atomic E-state index is 11.8. The number of H-pyrrole nitrogens is 1. The first-order valence-corrected chi connectivity index (χ1v) is 5.67. The number of nitrogens with zero attached hydrogens (tertiary/aromatic N) is 2. The van der Waals surface area contributed by atoms with E-state index in [-0.39, 0.29) is 0 Å². The van der Waals surface area contributed by atoms with Crippen LogP contribution in [0.25, 0.3) is 11.4 Å². The van der Waals surface area contributed by atoms with Gasteiger partial charge in [-0.2, -0.15) is 5.10 Å². The summed E-state index contributed by atoms with van der Waals surface area (Å²) in [6.07, 6.45) is 1.93. The van der Waals surface area contributed by atoms with Gasteiger partial charge in [0.25, 0.3) is 5.56 Å². The molecule has 2 aromatic rings. The first kappa shape index (κ1) is 12.9. The van der Waals surface area contributed by atoms with Crippen LogP contribution >= 0.6 is 0 Å². The molecule has 0 radical (unpaired) electrons. The lowest BCUT2D eigenvalue weighted by molar-refractivity contribution is 0.0691. The van der Waals surface area contributed by atoms with E-state index < -0.39 is 22.8 Å². The third-order valence-electron chi connectivity index (χ3n) is 2.93. The number of aromatic carboxylic acids is 1. The molecule has 2 heterocycles. The molecule has 3 N–H and O–H groups in total. The number of pyridine rings is 1. The fraction of sp³-hybridized carbons (Fsp3) is 0.250. The summed E-state index contributed by atoms with van der Waals surface area (Å²) in [4.78, 5) is 25.2. The van der Waals surface area contributed by atoms with Crippen LogP contribution in [-0.2, 0) is 13.5 Å². The van der Waals surface area contributed by atoms with Crippen molar-refractivity contribution < 1.29 is 15.0 Å². The summed E-state index contributed by atoms with van der Waals surface area (Å²) in [5.74, 6) is -1.94. The highest BCUT2D eigenvalue weighted by Crippen LogP contribution is 2.29. The van der Waals surface area contributed by atoms with Crippen molar-refractivity contribution in [3.63, 3.8) is 0 Å². The van der Waals surface area contributed by atoms with Crippen LogP contribution in [0.15, 0.2) is 17.1 Å². The molecule has 0 aromatic carbocycles. The first-order valence-electron chi connectivity index (χ1n) is 5.67. The zero-order chi connectivity index (χ0) is 14.2. The highest BCUT2D eigenvalue weighted by atomic mass is 16.4. The molecule has 19 heavy (non-hydrogen) atoms. The molecule has 0 spiro atoms. The fourth-order valence-electron chi connectivity index (χ4n) is 2.01. The van der Waals surface area contributed by atoms with E-state index in [0.29, 0.717) is 23.4 Å². The van der Waals surface area contributed by atoms with E-state index in [1.807, 2.05) is 0 Å². The van der Waals surface area contributed by atoms with Crippen molar-refractivity contribution >= 4 is 5.97 Å². The molecular weight excluding hydrogens is 250 g/mol. The molecule has 0 bridgehead atoms. The highest BCUT2D eigenvalue weighted by molar-refractivity contribution is 5.91. The Labute approximate surface area is 108 Å². The molecule has 7 heteroatoms. The van der Waals surface area contributed by atoms with E-state index >= 15 is 0 Å². The Kier molecular flexibility index (Phi) is 3.12. The summed E-state index contributed by atoms with van der Waals surface area (Å²) in [5, 5.41) is 22.9. The first-order chi connectivity index (χ1) is 8.97. The second kappa shape index (κ2) is 4.60. The number of rotatable bonds is 3. The van der Waals surface area contributed by atoms with Crippen LogP contribution in [0.1, 0.15) is 22.8 Å². The smallest absolute Gasteiger partial charge is 0.345 e. The summed E-state index contributed by atoms with van der Waals surface area (Å²) < 4.78 is 1.53. The maximum Gasteiger partial charge on any atom is 0.345 e. The Hall–Kier alpha value is -2.57. The molecule has 0 unspecified atom stereocenters. The molecule has 0 atom stereocenters. The van der Waals surface area contributed by atoms with Gasteiger partial charge in [-0.15, -0.1) is 0 Å². The fourth-order valence-corrected chi connectivity index (χ4v) is 2.01. The van der Waals surface area contributed by atoms with Gasteiger partial charge in [0.05, 0.1) is 11.4 Å². The average molecular weight is 263 g/mol. The normalized spacial score (nSPS) is 10.6. The quantitative estimate of drug-likeness (QED) is 0.757. The second-order valence-electron chi connectivity index (χ2n) is 4.03. The molecule has 0 saturated heterocycles. The van der Waals surface area contributed by atoms with Crippen molar-refractivity contribution in [1.82, 2.24) is 14.8 Å². The zero-order valence-corrected chi connectivity index (χ0v) is 10.5. The van der Waals surface area contributed by atoms with Crippen molar-refractivity contribution in [2.24, 2.45) is 7.05 Å². The molecule has 0 fully saturated rings. The van der Waals surface area contributed by atoms with Crippen LogP contribution in [0, 0.1) is 0 Å². The van der Waals surface area contributed by atoms with Crippen molar-refractivity contribution in [3.8, 4) is 17.1 Å². The lowest BCUT2D eigenvalue weighted by Gasteiger charge is -2.11. The van der Waals surface area contributed by atoms with E-state index in [1.165, 1.54) is 4.68 Å². The van der Waals surface area contributed by atoms with Gasteiger partial charge in [0.1, 0.15) is 5.75 Å². The van der Waals surface area contributed by atoms with Gasteiger partial charge < -0.3 is 15.2 Å². The van der Waals surface area contributed by atoms with Gasteiger partial charge in [-0.25, -0.2) is 4.79 Å². The third-order valence-corrected chi connectivity index (χ3v) is 2.93. The topological polar surface area (TPSA) is 108 Å². The van der Waals surface area contributed by atoms with E-state index in [4.69, 9.17) is 5.11 Å². The molecule has 2 aromatic heterocycles. The average Bonchev–Trinajstić information content (AvgIpc) is 2.74. The summed E-state index contributed by atoms with van der Waals surface area (Å²) >= 11 is 0. The summed E-state index contributed by atoms with van der Waals surface area (Å²) in [6.45, 7) is 1.76. The number of aromatic hydroxyl groups is 1. The minimum Gasteiger partial charge on any atom is -0.506 e. The Morgan fingerprint density at radius 2 is 2.21 bits per heavy atom. The van der Waals surface area contributed by atoms with Gasteiger partial charge in [-0.1, -0.05) is 6.92 Å². The molecule has 7 nitrogen and oxygen atoms in total. The molecule has 0 aliphatic carbocycles. The maximum atomic E-state index is 11.8. The Morgan fingerprint density at radius 3 is 2.68 bits per heavy atom. The number of carboxylic acid groups (broad SMARTS) is 1. The Morgan fingerprint density at radius 1 is 1.53 bits per heavy atom. The molecule has 0 saturated carbocycles. The van der Waals surface area contributed by atoms with Crippen molar-refractivity contribution in [3.05, 3.63) is 33.7 Å². The van der Waals surface area contributed by atoms with Crippen LogP contribution in [0.3, 0.4) is 0 Å². The van der Waals surface area contributed by atoms with Crippen molar-refractivity contribution in [2.45, 2.75) is 13.3 Å². The third kappa shape index (κ3) is 1.99. The SMILES string of the molecule is CCc1c(-c2ccnn2C)[nH]c(=O)c(C(=O)O)c1O. The molecule has 0 amide bonds. The number of aryl methyl sites for hydroxylation is 1. The van der Waals surface area contributed by atoms with Crippen LogP contribution < -0.4 is 5.56 Å². The highest BCUT2D eigenvalue weighted by Gasteiger charge is 2.22.